The Labute approximate surface area is 205 Å². The fourth-order valence-corrected chi connectivity index (χ4v) is 4.51. The van der Waals surface area contributed by atoms with Gasteiger partial charge < -0.3 is 10.2 Å². The zero-order chi connectivity index (χ0) is 25.5. The molecule has 0 spiro atoms. The van der Waals surface area contributed by atoms with E-state index >= 15 is 0 Å². The van der Waals surface area contributed by atoms with Crippen molar-refractivity contribution < 1.29 is 31.1 Å². The fraction of sp³-hybridized carbons (Fsp3) is 0.304. The third-order valence-corrected chi connectivity index (χ3v) is 6.64. The van der Waals surface area contributed by atoms with Crippen LogP contribution >= 0.6 is 23.2 Å². The highest BCUT2D eigenvalue weighted by atomic mass is 35.5. The number of halogens is 8. The van der Waals surface area contributed by atoms with Crippen molar-refractivity contribution in [1.29, 1.82) is 0 Å². The van der Waals surface area contributed by atoms with Crippen molar-refractivity contribution in [1.82, 2.24) is 10.3 Å². The number of carbonyl (C=O) groups is 1. The summed E-state index contributed by atoms with van der Waals surface area (Å²) in [5, 5.41) is 2.80. The van der Waals surface area contributed by atoms with Gasteiger partial charge in [0.25, 0.3) is 5.91 Å². The number of benzene rings is 2. The summed E-state index contributed by atoms with van der Waals surface area (Å²) in [7, 11) is 0. The predicted octanol–water partition coefficient (Wildman–Crippen LogP) is 6.98. The molecule has 1 aliphatic heterocycles. The highest BCUT2D eigenvalue weighted by Gasteiger charge is 2.39. The van der Waals surface area contributed by atoms with Crippen molar-refractivity contribution in [3.63, 3.8) is 0 Å². The Hall–Kier alpha value is -2.72. The van der Waals surface area contributed by atoms with Crippen LogP contribution in [-0.2, 0) is 12.4 Å². The number of nitrogens with zero attached hydrogens (tertiary/aromatic N) is 2. The molecule has 12 heteroatoms. The SMILES string of the molecule is O=C(NC1CCN(c2ccnc3cc(C(F)(F)F)cc(C(F)(F)F)c23)CC1)c1cccc(Cl)c1Cl. The van der Waals surface area contributed by atoms with Gasteiger partial charge in [0, 0.05) is 36.4 Å². The van der Waals surface area contributed by atoms with E-state index in [4.69, 9.17) is 23.2 Å². The minimum Gasteiger partial charge on any atom is -0.371 e. The van der Waals surface area contributed by atoms with E-state index < -0.39 is 34.9 Å². The molecule has 2 aromatic carbocycles. The third-order valence-electron chi connectivity index (χ3n) is 5.82. The number of pyridine rings is 1. The maximum absolute atomic E-state index is 13.8. The summed E-state index contributed by atoms with van der Waals surface area (Å²) >= 11 is 12.0. The normalized spacial score (nSPS) is 15.5. The van der Waals surface area contributed by atoms with E-state index in [1.165, 1.54) is 18.3 Å². The van der Waals surface area contributed by atoms with Crippen molar-refractivity contribution in [3.8, 4) is 0 Å². The van der Waals surface area contributed by atoms with E-state index in [-0.39, 0.29) is 51.9 Å². The molecule has 1 amide bonds. The van der Waals surface area contributed by atoms with Crippen LogP contribution in [0.25, 0.3) is 10.9 Å². The fourth-order valence-electron chi connectivity index (χ4n) is 4.13. The highest BCUT2D eigenvalue weighted by Crippen LogP contribution is 2.43. The molecule has 0 unspecified atom stereocenters. The summed E-state index contributed by atoms with van der Waals surface area (Å²) in [5.74, 6) is -0.427. The lowest BCUT2D eigenvalue weighted by atomic mass is 9.99. The molecule has 2 heterocycles. The molecule has 35 heavy (non-hydrogen) atoms. The topological polar surface area (TPSA) is 45.2 Å². The molecule has 0 aliphatic carbocycles. The van der Waals surface area contributed by atoms with E-state index in [0.717, 1.165) is 0 Å². The van der Waals surface area contributed by atoms with Gasteiger partial charge in [0.1, 0.15) is 0 Å². The number of amides is 1. The van der Waals surface area contributed by atoms with Crippen molar-refractivity contribution in [2.75, 3.05) is 18.0 Å². The van der Waals surface area contributed by atoms with Gasteiger partial charge in [0.05, 0.1) is 32.3 Å². The number of fused-ring (bicyclic) bond motifs is 1. The van der Waals surface area contributed by atoms with Crippen LogP contribution in [0.2, 0.25) is 10.0 Å². The minimum atomic E-state index is -5.01. The Kier molecular flexibility index (Phi) is 6.80. The summed E-state index contributed by atoms with van der Waals surface area (Å²) in [4.78, 5) is 18.0. The second kappa shape index (κ2) is 9.39. The average molecular weight is 536 g/mol. The van der Waals surface area contributed by atoms with Crippen molar-refractivity contribution in [2.24, 2.45) is 0 Å². The van der Waals surface area contributed by atoms with E-state index in [2.05, 4.69) is 10.3 Å². The smallest absolute Gasteiger partial charge is 0.371 e. The van der Waals surface area contributed by atoms with Gasteiger partial charge in [-0.1, -0.05) is 29.3 Å². The van der Waals surface area contributed by atoms with Gasteiger partial charge >= 0.3 is 12.4 Å². The Balaban J connectivity index is 1.58. The van der Waals surface area contributed by atoms with Crippen molar-refractivity contribution in [3.05, 3.63) is 69.3 Å². The summed E-state index contributed by atoms with van der Waals surface area (Å²) < 4.78 is 80.9. The molecular weight excluding hydrogens is 519 g/mol. The van der Waals surface area contributed by atoms with Crippen LogP contribution in [0.5, 0.6) is 0 Å². The van der Waals surface area contributed by atoms with E-state index in [1.54, 1.807) is 17.0 Å². The van der Waals surface area contributed by atoms with Crippen LogP contribution in [0.15, 0.2) is 42.6 Å². The van der Waals surface area contributed by atoms with Gasteiger partial charge in [0.2, 0.25) is 0 Å². The molecule has 0 atom stereocenters. The first kappa shape index (κ1) is 25.4. The Morgan fingerprint density at radius 2 is 1.69 bits per heavy atom. The van der Waals surface area contributed by atoms with Gasteiger partial charge in [-0.25, -0.2) is 0 Å². The molecule has 1 aromatic heterocycles. The zero-order valence-electron chi connectivity index (χ0n) is 17.8. The number of anilines is 1. The van der Waals surface area contributed by atoms with Crippen LogP contribution in [0.4, 0.5) is 32.0 Å². The second-order valence-electron chi connectivity index (χ2n) is 8.08. The standard InChI is InChI=1S/C23H17Cl2F6N3O/c24-16-3-1-2-14(20(16)25)21(35)33-13-5-8-34(9-6-13)18-4-7-32-17-11-12(22(26,27)28)10-15(19(17)18)23(29,30)31/h1-4,7,10-11,13H,5-6,8-9H2,(H,33,35). The predicted molar refractivity (Wildman–Crippen MR) is 121 cm³/mol. The molecule has 1 saturated heterocycles. The van der Waals surface area contributed by atoms with Gasteiger partial charge in [-0.3, -0.25) is 9.78 Å². The molecule has 0 saturated carbocycles. The lowest BCUT2D eigenvalue weighted by Gasteiger charge is -2.35. The monoisotopic (exact) mass is 535 g/mol. The maximum Gasteiger partial charge on any atom is 0.417 e. The molecule has 1 fully saturated rings. The number of alkyl halides is 6. The van der Waals surface area contributed by atoms with Gasteiger partial charge in [-0.05, 0) is 43.2 Å². The number of hydrogen-bond donors (Lipinski definition) is 1. The zero-order valence-corrected chi connectivity index (χ0v) is 19.3. The molecule has 4 nitrogen and oxygen atoms in total. The third kappa shape index (κ3) is 5.28. The van der Waals surface area contributed by atoms with Crippen molar-refractivity contribution in [2.45, 2.75) is 31.2 Å². The molecule has 1 N–H and O–H groups in total. The molecule has 0 radical (unpaired) electrons. The van der Waals surface area contributed by atoms with E-state index in [0.29, 0.717) is 18.9 Å². The first-order chi connectivity index (χ1) is 16.4. The number of nitrogens with one attached hydrogen (secondary N) is 1. The van der Waals surface area contributed by atoms with E-state index in [9.17, 15) is 31.1 Å². The largest absolute Gasteiger partial charge is 0.417 e. The summed E-state index contributed by atoms with van der Waals surface area (Å²) in [6.45, 7) is 0.539. The molecule has 0 bridgehead atoms. The second-order valence-corrected chi connectivity index (χ2v) is 8.86. The summed E-state index contributed by atoms with van der Waals surface area (Å²) in [5.41, 5.74) is -2.86. The summed E-state index contributed by atoms with van der Waals surface area (Å²) in [6.07, 6.45) is -7.98. The van der Waals surface area contributed by atoms with Crippen LogP contribution in [-0.4, -0.2) is 30.0 Å². The van der Waals surface area contributed by atoms with Crippen LogP contribution < -0.4 is 10.2 Å². The molecule has 1 aliphatic rings. The quantitative estimate of drug-likeness (QED) is 0.368. The Morgan fingerprint density at radius 1 is 1.00 bits per heavy atom. The number of rotatable bonds is 3. The lowest BCUT2D eigenvalue weighted by molar-refractivity contribution is -0.142. The molecular formula is C23H17Cl2F6N3O. The van der Waals surface area contributed by atoms with Crippen LogP contribution in [0, 0.1) is 0 Å². The molecule has 4 rings (SSSR count). The minimum absolute atomic E-state index is 0.116. The average Bonchev–Trinajstić information content (AvgIpc) is 2.79. The highest BCUT2D eigenvalue weighted by molar-refractivity contribution is 6.43. The van der Waals surface area contributed by atoms with Gasteiger partial charge in [-0.15, -0.1) is 0 Å². The number of hydrogen-bond acceptors (Lipinski definition) is 3. The molecule has 3 aromatic rings. The number of piperidine rings is 1. The number of aromatic nitrogens is 1. The van der Waals surface area contributed by atoms with E-state index in [1.807, 2.05) is 0 Å². The summed E-state index contributed by atoms with van der Waals surface area (Å²) in [6, 6.07) is 6.48. The Bertz CT molecular complexity index is 1270. The van der Waals surface area contributed by atoms with Gasteiger partial charge in [0.15, 0.2) is 0 Å². The Morgan fingerprint density at radius 3 is 2.31 bits per heavy atom. The number of carbonyl (C=O) groups excluding carboxylic acids is 1. The first-order valence-corrected chi connectivity index (χ1v) is 11.2. The van der Waals surface area contributed by atoms with Crippen LogP contribution in [0.3, 0.4) is 0 Å². The first-order valence-electron chi connectivity index (χ1n) is 10.4. The van der Waals surface area contributed by atoms with Gasteiger partial charge in [-0.2, -0.15) is 26.3 Å². The van der Waals surface area contributed by atoms with Crippen molar-refractivity contribution >= 4 is 45.7 Å². The van der Waals surface area contributed by atoms with Crippen LogP contribution in [0.1, 0.15) is 34.3 Å². The maximum atomic E-state index is 13.8. The lowest BCUT2D eigenvalue weighted by Crippen LogP contribution is -2.45. The molecule has 186 valence electrons.